The molecule has 1 aromatic carbocycles. The first-order valence-corrected chi connectivity index (χ1v) is 7.23. The fourth-order valence-corrected chi connectivity index (χ4v) is 1.90. The average Bonchev–Trinajstić information content (AvgIpc) is 2.42. The number of anilines is 1. The SMILES string of the molecule is CC(CO)CCCNc1ccc([N+](=O)[O-])c(OC(C)C)c1. The molecule has 0 fully saturated rings. The molecule has 0 saturated carbocycles. The van der Waals surface area contributed by atoms with Crippen LogP contribution in [0.5, 0.6) is 5.75 Å². The zero-order valence-corrected chi connectivity index (χ0v) is 12.8. The monoisotopic (exact) mass is 296 g/mol. The van der Waals surface area contributed by atoms with Gasteiger partial charge in [-0.3, -0.25) is 10.1 Å². The molecule has 0 aliphatic rings. The lowest BCUT2D eigenvalue weighted by atomic mass is 10.1. The van der Waals surface area contributed by atoms with Crippen molar-refractivity contribution in [1.82, 2.24) is 0 Å². The largest absolute Gasteiger partial charge is 0.484 e. The number of nitro groups is 1. The fourth-order valence-electron chi connectivity index (χ4n) is 1.90. The Morgan fingerprint density at radius 3 is 2.67 bits per heavy atom. The standard InChI is InChI=1S/C15H24N2O4/c1-11(2)21-15-9-13(6-7-14(15)17(19)20)16-8-4-5-12(3)10-18/h6-7,9,11-12,16,18H,4-5,8,10H2,1-3H3. The van der Waals surface area contributed by atoms with Crippen molar-refractivity contribution in [2.24, 2.45) is 5.92 Å². The summed E-state index contributed by atoms with van der Waals surface area (Å²) >= 11 is 0. The number of nitro benzene ring substituents is 1. The number of ether oxygens (including phenoxy) is 1. The summed E-state index contributed by atoms with van der Waals surface area (Å²) in [4.78, 5) is 10.5. The second-order valence-electron chi connectivity index (χ2n) is 5.46. The van der Waals surface area contributed by atoms with Gasteiger partial charge in [0.05, 0.1) is 11.0 Å². The summed E-state index contributed by atoms with van der Waals surface area (Å²) in [5.74, 6) is 0.576. The summed E-state index contributed by atoms with van der Waals surface area (Å²) in [5.41, 5.74) is 0.774. The highest BCUT2D eigenvalue weighted by Gasteiger charge is 2.16. The molecule has 0 aliphatic heterocycles. The molecule has 6 heteroatoms. The van der Waals surface area contributed by atoms with Crippen molar-refractivity contribution < 1.29 is 14.8 Å². The number of rotatable bonds is 9. The number of nitrogens with zero attached hydrogens (tertiary/aromatic N) is 1. The van der Waals surface area contributed by atoms with E-state index in [0.29, 0.717) is 5.92 Å². The molecule has 1 atom stereocenters. The Morgan fingerprint density at radius 1 is 1.38 bits per heavy atom. The van der Waals surface area contributed by atoms with E-state index in [9.17, 15) is 10.1 Å². The van der Waals surface area contributed by atoms with Crippen LogP contribution >= 0.6 is 0 Å². The van der Waals surface area contributed by atoms with Gasteiger partial charge in [0, 0.05) is 31.0 Å². The summed E-state index contributed by atoms with van der Waals surface area (Å²) in [6, 6.07) is 4.80. The summed E-state index contributed by atoms with van der Waals surface area (Å²) in [6.07, 6.45) is 1.75. The highest BCUT2D eigenvalue weighted by atomic mass is 16.6. The van der Waals surface area contributed by atoms with Crippen LogP contribution in [0.4, 0.5) is 11.4 Å². The lowest BCUT2D eigenvalue weighted by Gasteiger charge is -2.13. The molecule has 0 amide bonds. The van der Waals surface area contributed by atoms with E-state index in [4.69, 9.17) is 9.84 Å². The van der Waals surface area contributed by atoms with Gasteiger partial charge in [-0.25, -0.2) is 0 Å². The van der Waals surface area contributed by atoms with Crippen molar-refractivity contribution in [1.29, 1.82) is 0 Å². The molecule has 6 nitrogen and oxygen atoms in total. The van der Waals surface area contributed by atoms with Gasteiger partial charge in [0.15, 0.2) is 5.75 Å². The van der Waals surface area contributed by atoms with E-state index in [1.54, 1.807) is 12.1 Å². The van der Waals surface area contributed by atoms with Crippen molar-refractivity contribution in [3.63, 3.8) is 0 Å². The van der Waals surface area contributed by atoms with Crippen LogP contribution in [-0.2, 0) is 0 Å². The first-order valence-electron chi connectivity index (χ1n) is 7.23. The molecule has 1 unspecified atom stereocenters. The normalized spacial score (nSPS) is 12.2. The molecule has 0 heterocycles. The molecule has 118 valence electrons. The highest BCUT2D eigenvalue weighted by Crippen LogP contribution is 2.30. The average molecular weight is 296 g/mol. The molecule has 1 aromatic rings. The van der Waals surface area contributed by atoms with Crippen molar-refractivity contribution in [2.75, 3.05) is 18.5 Å². The summed E-state index contributed by atoms with van der Waals surface area (Å²) < 4.78 is 5.49. The van der Waals surface area contributed by atoms with Gasteiger partial charge in [-0.05, 0) is 38.7 Å². The molecule has 0 bridgehead atoms. The molecule has 0 aromatic heterocycles. The van der Waals surface area contributed by atoms with E-state index in [-0.39, 0.29) is 24.1 Å². The van der Waals surface area contributed by atoms with Gasteiger partial charge in [-0.15, -0.1) is 0 Å². The highest BCUT2D eigenvalue weighted by molar-refractivity contribution is 5.58. The van der Waals surface area contributed by atoms with E-state index in [0.717, 1.165) is 25.1 Å². The van der Waals surface area contributed by atoms with E-state index in [2.05, 4.69) is 5.32 Å². The summed E-state index contributed by atoms with van der Waals surface area (Å²) in [5, 5.41) is 23.1. The Bertz CT molecular complexity index is 463. The number of nitrogens with one attached hydrogen (secondary N) is 1. The predicted molar refractivity (Wildman–Crippen MR) is 82.8 cm³/mol. The summed E-state index contributed by atoms with van der Waals surface area (Å²) in [6.45, 7) is 6.62. The Morgan fingerprint density at radius 2 is 2.10 bits per heavy atom. The molecule has 0 saturated heterocycles. The molecular formula is C15H24N2O4. The molecule has 1 rings (SSSR count). The van der Waals surface area contributed by atoms with Gasteiger partial charge in [-0.1, -0.05) is 6.92 Å². The van der Waals surface area contributed by atoms with Gasteiger partial charge in [0.2, 0.25) is 0 Å². The van der Waals surface area contributed by atoms with Crippen LogP contribution in [0.1, 0.15) is 33.6 Å². The summed E-state index contributed by atoms with van der Waals surface area (Å²) in [7, 11) is 0. The smallest absolute Gasteiger partial charge is 0.311 e. The van der Waals surface area contributed by atoms with Gasteiger partial charge < -0.3 is 15.2 Å². The van der Waals surface area contributed by atoms with Crippen molar-refractivity contribution in [2.45, 2.75) is 39.7 Å². The van der Waals surface area contributed by atoms with Crippen LogP contribution in [0.3, 0.4) is 0 Å². The lowest BCUT2D eigenvalue weighted by molar-refractivity contribution is -0.386. The van der Waals surface area contributed by atoms with Crippen LogP contribution in [0, 0.1) is 16.0 Å². The van der Waals surface area contributed by atoms with Gasteiger partial charge in [-0.2, -0.15) is 0 Å². The maximum absolute atomic E-state index is 11.0. The van der Waals surface area contributed by atoms with E-state index >= 15 is 0 Å². The second kappa shape index (κ2) is 8.46. The number of benzene rings is 1. The van der Waals surface area contributed by atoms with Crippen LogP contribution in [0.15, 0.2) is 18.2 Å². The first kappa shape index (κ1) is 17.2. The minimum Gasteiger partial charge on any atom is -0.484 e. The lowest BCUT2D eigenvalue weighted by Crippen LogP contribution is -2.09. The number of hydrogen-bond donors (Lipinski definition) is 2. The maximum atomic E-state index is 11.0. The molecular weight excluding hydrogens is 272 g/mol. The minimum absolute atomic E-state index is 0.0249. The van der Waals surface area contributed by atoms with E-state index < -0.39 is 4.92 Å². The third-order valence-corrected chi connectivity index (χ3v) is 3.03. The number of hydrogen-bond acceptors (Lipinski definition) is 5. The van der Waals surface area contributed by atoms with Crippen LogP contribution in [-0.4, -0.2) is 29.3 Å². The third-order valence-electron chi connectivity index (χ3n) is 3.03. The topological polar surface area (TPSA) is 84.6 Å². The number of aliphatic hydroxyl groups excluding tert-OH is 1. The molecule has 2 N–H and O–H groups in total. The van der Waals surface area contributed by atoms with E-state index in [1.807, 2.05) is 20.8 Å². The maximum Gasteiger partial charge on any atom is 0.311 e. The predicted octanol–water partition coefficient (Wildman–Crippen LogP) is 3.20. The second-order valence-corrected chi connectivity index (χ2v) is 5.46. The van der Waals surface area contributed by atoms with Crippen molar-refractivity contribution >= 4 is 11.4 Å². The molecule has 0 radical (unpaired) electrons. The molecule has 0 aliphatic carbocycles. The third kappa shape index (κ3) is 5.99. The zero-order chi connectivity index (χ0) is 15.8. The van der Waals surface area contributed by atoms with Gasteiger partial charge in [0.25, 0.3) is 0 Å². The minimum atomic E-state index is -0.440. The quantitative estimate of drug-likeness (QED) is 0.415. The van der Waals surface area contributed by atoms with Crippen molar-refractivity contribution in [3.05, 3.63) is 28.3 Å². The Balaban J connectivity index is 2.65. The van der Waals surface area contributed by atoms with Crippen LogP contribution in [0.25, 0.3) is 0 Å². The Hall–Kier alpha value is -1.82. The van der Waals surface area contributed by atoms with Crippen molar-refractivity contribution in [3.8, 4) is 5.75 Å². The zero-order valence-electron chi connectivity index (χ0n) is 12.8. The van der Waals surface area contributed by atoms with Crippen LogP contribution in [0.2, 0.25) is 0 Å². The Kier molecular flexibility index (Phi) is 6.94. The Labute approximate surface area is 125 Å². The molecule has 0 spiro atoms. The first-order chi connectivity index (χ1) is 9.93. The fraction of sp³-hybridized carbons (Fsp3) is 0.600. The van der Waals surface area contributed by atoms with Gasteiger partial charge in [0.1, 0.15) is 0 Å². The van der Waals surface area contributed by atoms with Crippen LogP contribution < -0.4 is 10.1 Å². The number of aliphatic hydroxyl groups is 1. The van der Waals surface area contributed by atoms with Gasteiger partial charge >= 0.3 is 5.69 Å². The van der Waals surface area contributed by atoms with E-state index in [1.165, 1.54) is 6.07 Å². The molecule has 21 heavy (non-hydrogen) atoms.